The van der Waals surface area contributed by atoms with Crippen molar-refractivity contribution in [1.82, 2.24) is 10.1 Å². The zero-order valence-electron chi connectivity index (χ0n) is 10.1. The number of ether oxygens (including phenoxy) is 1. The average molecular weight is 260 g/mol. The van der Waals surface area contributed by atoms with Crippen LogP contribution in [0, 0.1) is 0 Å². The highest BCUT2D eigenvalue weighted by molar-refractivity contribution is 5.88. The van der Waals surface area contributed by atoms with Crippen molar-refractivity contribution in [3.63, 3.8) is 0 Å². The van der Waals surface area contributed by atoms with Gasteiger partial charge in [0.15, 0.2) is 0 Å². The number of carbonyl (C=O) groups is 1. The maximum absolute atomic E-state index is 10.8. The van der Waals surface area contributed by atoms with E-state index in [9.17, 15) is 4.79 Å². The molecule has 6 heteroatoms. The predicted molar refractivity (Wildman–Crippen MR) is 64.6 cm³/mol. The summed E-state index contributed by atoms with van der Waals surface area (Å²) in [5.74, 6) is -0.0330. The zero-order chi connectivity index (χ0) is 13.2. The third-order valence-electron chi connectivity index (χ3n) is 3.04. The molecule has 0 amide bonds. The summed E-state index contributed by atoms with van der Waals surface area (Å²) in [7, 11) is 0. The van der Waals surface area contributed by atoms with E-state index in [0.29, 0.717) is 17.3 Å². The van der Waals surface area contributed by atoms with Crippen LogP contribution in [0.5, 0.6) is 0 Å². The predicted octanol–water partition coefficient (Wildman–Crippen LogP) is 2.29. The lowest BCUT2D eigenvalue weighted by atomic mass is 10.1. The van der Waals surface area contributed by atoms with Crippen molar-refractivity contribution in [2.24, 2.45) is 0 Å². The van der Waals surface area contributed by atoms with Gasteiger partial charge >= 0.3 is 5.97 Å². The molecule has 1 atom stereocenters. The Labute approximate surface area is 109 Å². The average Bonchev–Trinajstić information content (AvgIpc) is 3.10. The van der Waals surface area contributed by atoms with Gasteiger partial charge in [0, 0.05) is 12.2 Å². The van der Waals surface area contributed by atoms with Crippen molar-refractivity contribution in [2.45, 2.75) is 18.9 Å². The summed E-state index contributed by atoms with van der Waals surface area (Å²) < 4.78 is 10.7. The Morgan fingerprint density at radius 3 is 2.74 bits per heavy atom. The SMILES string of the molecule is O=C(O)c1ccc(-c2nc(C3CCCO3)no2)cc1. The van der Waals surface area contributed by atoms with Crippen molar-refractivity contribution < 1.29 is 19.2 Å². The van der Waals surface area contributed by atoms with Gasteiger partial charge in [0.2, 0.25) is 5.82 Å². The van der Waals surface area contributed by atoms with Crippen LogP contribution in [0.4, 0.5) is 0 Å². The number of rotatable bonds is 3. The van der Waals surface area contributed by atoms with Crippen LogP contribution in [0.15, 0.2) is 28.8 Å². The third-order valence-corrected chi connectivity index (χ3v) is 3.04. The molecule has 1 aliphatic heterocycles. The lowest BCUT2D eigenvalue weighted by Gasteiger charge is -2.00. The molecule has 1 unspecified atom stereocenters. The molecule has 6 nitrogen and oxygen atoms in total. The molecule has 2 aromatic rings. The molecule has 1 aromatic carbocycles. The van der Waals surface area contributed by atoms with Gasteiger partial charge in [-0.2, -0.15) is 4.98 Å². The summed E-state index contributed by atoms with van der Waals surface area (Å²) in [6.45, 7) is 0.724. The first-order chi connectivity index (χ1) is 9.24. The number of benzene rings is 1. The topological polar surface area (TPSA) is 85.5 Å². The van der Waals surface area contributed by atoms with E-state index in [4.69, 9.17) is 14.4 Å². The van der Waals surface area contributed by atoms with Gasteiger partial charge in [0.1, 0.15) is 6.10 Å². The third kappa shape index (κ3) is 2.34. The summed E-state index contributed by atoms with van der Waals surface area (Å²) in [5.41, 5.74) is 0.921. The molecule has 0 bridgehead atoms. The Hall–Kier alpha value is -2.21. The summed E-state index contributed by atoms with van der Waals surface area (Å²) in [6.07, 6.45) is 1.81. The van der Waals surface area contributed by atoms with Crippen LogP contribution in [-0.2, 0) is 4.74 Å². The largest absolute Gasteiger partial charge is 0.478 e. The second kappa shape index (κ2) is 4.81. The molecule has 1 saturated heterocycles. The van der Waals surface area contributed by atoms with Crippen molar-refractivity contribution in [2.75, 3.05) is 6.61 Å². The fraction of sp³-hybridized carbons (Fsp3) is 0.308. The van der Waals surface area contributed by atoms with Gasteiger partial charge in [-0.25, -0.2) is 4.79 Å². The second-order valence-corrected chi connectivity index (χ2v) is 4.34. The van der Waals surface area contributed by atoms with Crippen LogP contribution >= 0.6 is 0 Å². The number of aromatic nitrogens is 2. The minimum atomic E-state index is -0.961. The van der Waals surface area contributed by atoms with Crippen LogP contribution in [0.2, 0.25) is 0 Å². The van der Waals surface area contributed by atoms with Gasteiger partial charge in [-0.3, -0.25) is 0 Å². The standard InChI is InChI=1S/C13H12N2O4/c16-13(17)9-5-3-8(4-6-9)12-14-11(15-19-12)10-2-1-7-18-10/h3-6,10H,1-2,7H2,(H,16,17). The van der Waals surface area contributed by atoms with Gasteiger partial charge < -0.3 is 14.4 Å². The number of aromatic carboxylic acids is 1. The van der Waals surface area contributed by atoms with Crippen LogP contribution < -0.4 is 0 Å². The number of carboxylic acids is 1. The molecular formula is C13H12N2O4. The van der Waals surface area contributed by atoms with E-state index in [1.165, 1.54) is 12.1 Å². The van der Waals surface area contributed by atoms with E-state index in [0.717, 1.165) is 19.4 Å². The summed E-state index contributed by atoms with van der Waals surface area (Å²) >= 11 is 0. The first-order valence-electron chi connectivity index (χ1n) is 6.03. The van der Waals surface area contributed by atoms with Gasteiger partial charge in [0.25, 0.3) is 5.89 Å². The molecule has 0 spiro atoms. The molecule has 0 aliphatic carbocycles. The molecule has 1 N–H and O–H groups in total. The van der Waals surface area contributed by atoms with Crippen LogP contribution in [0.1, 0.15) is 35.1 Å². The molecule has 3 rings (SSSR count). The lowest BCUT2D eigenvalue weighted by Crippen LogP contribution is -1.98. The van der Waals surface area contributed by atoms with Crippen molar-refractivity contribution in [1.29, 1.82) is 0 Å². The van der Waals surface area contributed by atoms with Crippen molar-refractivity contribution >= 4 is 5.97 Å². The Kier molecular flexibility index (Phi) is 3.00. The molecule has 1 aromatic heterocycles. The lowest BCUT2D eigenvalue weighted by molar-refractivity contribution is 0.0697. The molecule has 1 aliphatic rings. The highest BCUT2D eigenvalue weighted by atomic mass is 16.5. The van der Waals surface area contributed by atoms with E-state index >= 15 is 0 Å². The van der Waals surface area contributed by atoms with Gasteiger partial charge in [-0.1, -0.05) is 5.16 Å². The van der Waals surface area contributed by atoms with Crippen LogP contribution in [0.3, 0.4) is 0 Å². The first-order valence-corrected chi connectivity index (χ1v) is 6.03. The number of carboxylic acid groups (broad SMARTS) is 1. The smallest absolute Gasteiger partial charge is 0.335 e. The highest BCUT2D eigenvalue weighted by Gasteiger charge is 2.23. The highest BCUT2D eigenvalue weighted by Crippen LogP contribution is 2.28. The van der Waals surface area contributed by atoms with E-state index < -0.39 is 5.97 Å². The number of nitrogens with zero attached hydrogens (tertiary/aromatic N) is 2. The van der Waals surface area contributed by atoms with E-state index in [2.05, 4.69) is 10.1 Å². The Morgan fingerprint density at radius 1 is 1.32 bits per heavy atom. The molecular weight excluding hydrogens is 248 g/mol. The number of hydrogen-bond donors (Lipinski definition) is 1. The zero-order valence-corrected chi connectivity index (χ0v) is 10.1. The van der Waals surface area contributed by atoms with Gasteiger partial charge in [-0.05, 0) is 37.1 Å². The fourth-order valence-corrected chi connectivity index (χ4v) is 2.02. The summed E-state index contributed by atoms with van der Waals surface area (Å²) in [4.78, 5) is 15.0. The monoisotopic (exact) mass is 260 g/mol. The molecule has 2 heterocycles. The summed E-state index contributed by atoms with van der Waals surface area (Å²) in [5, 5.41) is 12.7. The van der Waals surface area contributed by atoms with Crippen molar-refractivity contribution in [3.8, 4) is 11.5 Å². The second-order valence-electron chi connectivity index (χ2n) is 4.34. The Balaban J connectivity index is 1.83. The summed E-state index contributed by atoms with van der Waals surface area (Å²) in [6, 6.07) is 6.31. The van der Waals surface area contributed by atoms with Crippen LogP contribution in [-0.4, -0.2) is 27.8 Å². The quantitative estimate of drug-likeness (QED) is 0.911. The minimum absolute atomic E-state index is 0.0872. The molecule has 1 fully saturated rings. The molecule has 0 saturated carbocycles. The molecule has 98 valence electrons. The molecule has 0 radical (unpaired) electrons. The van der Waals surface area contributed by atoms with Crippen molar-refractivity contribution in [3.05, 3.63) is 35.7 Å². The normalized spacial score (nSPS) is 18.6. The Bertz CT molecular complexity index is 585. The maximum atomic E-state index is 10.8. The van der Waals surface area contributed by atoms with Gasteiger partial charge in [-0.15, -0.1) is 0 Å². The Morgan fingerprint density at radius 2 is 2.11 bits per heavy atom. The first kappa shape index (κ1) is 11.9. The number of hydrogen-bond acceptors (Lipinski definition) is 5. The van der Waals surface area contributed by atoms with E-state index in [1.54, 1.807) is 12.1 Å². The molecule has 19 heavy (non-hydrogen) atoms. The van der Waals surface area contributed by atoms with E-state index in [-0.39, 0.29) is 11.7 Å². The van der Waals surface area contributed by atoms with Crippen LogP contribution in [0.25, 0.3) is 11.5 Å². The fourth-order valence-electron chi connectivity index (χ4n) is 2.02. The minimum Gasteiger partial charge on any atom is -0.478 e. The van der Waals surface area contributed by atoms with Gasteiger partial charge in [0.05, 0.1) is 5.56 Å². The maximum Gasteiger partial charge on any atom is 0.335 e. The van der Waals surface area contributed by atoms with E-state index in [1.807, 2.05) is 0 Å².